The molecule has 1 spiro atoms. The average molecular weight is 472 g/mol. The van der Waals surface area contributed by atoms with Crippen molar-refractivity contribution in [3.8, 4) is 17.6 Å². The van der Waals surface area contributed by atoms with Crippen molar-refractivity contribution in [2.45, 2.75) is 37.4 Å². The fourth-order valence-corrected chi connectivity index (χ4v) is 5.30. The molecule has 176 valence electrons. The number of likely N-dealkylation sites (tertiary alicyclic amines) is 1. The lowest BCUT2D eigenvalue weighted by molar-refractivity contribution is -0.0543. The number of rotatable bonds is 6. The highest BCUT2D eigenvalue weighted by Crippen LogP contribution is 2.50. The molecule has 2 heterocycles. The summed E-state index contributed by atoms with van der Waals surface area (Å²) in [5.74, 6) is 0.829. The summed E-state index contributed by atoms with van der Waals surface area (Å²) in [4.78, 5) is 2.40. The molecule has 1 unspecified atom stereocenters. The van der Waals surface area contributed by atoms with Crippen LogP contribution in [0.2, 0.25) is 0 Å². The number of anilines is 1. The van der Waals surface area contributed by atoms with E-state index in [0.717, 1.165) is 45.2 Å². The Bertz CT molecular complexity index is 1150. The lowest BCUT2D eigenvalue weighted by atomic mass is 9.81. The van der Waals surface area contributed by atoms with Crippen molar-refractivity contribution in [2.75, 3.05) is 37.7 Å². The molecule has 0 saturated carbocycles. The minimum absolute atomic E-state index is 0.287. The van der Waals surface area contributed by atoms with Gasteiger partial charge in [-0.2, -0.15) is 5.26 Å². The number of methoxy groups -OCH3 is 1. The summed E-state index contributed by atoms with van der Waals surface area (Å²) in [5.41, 5.74) is 2.20. The first kappa shape index (κ1) is 23.4. The number of sulfonamides is 1. The van der Waals surface area contributed by atoms with E-state index in [1.54, 1.807) is 12.1 Å². The molecule has 2 aromatic carbocycles. The van der Waals surface area contributed by atoms with E-state index in [0.29, 0.717) is 29.0 Å². The van der Waals surface area contributed by atoms with Crippen LogP contribution in [-0.4, -0.2) is 57.0 Å². The third-order valence-corrected chi connectivity index (χ3v) is 7.04. The molecule has 2 aromatic rings. The molecule has 2 N–H and O–H groups in total. The van der Waals surface area contributed by atoms with Gasteiger partial charge in [0, 0.05) is 26.1 Å². The van der Waals surface area contributed by atoms with Crippen LogP contribution in [0.1, 0.15) is 42.1 Å². The zero-order valence-electron chi connectivity index (χ0n) is 18.9. The van der Waals surface area contributed by atoms with Crippen LogP contribution in [0, 0.1) is 11.3 Å². The summed E-state index contributed by atoms with van der Waals surface area (Å²) in [5, 5.41) is 19.9. The predicted octanol–water partition coefficient (Wildman–Crippen LogP) is 2.83. The van der Waals surface area contributed by atoms with Crippen LogP contribution < -0.4 is 14.2 Å². The van der Waals surface area contributed by atoms with E-state index in [1.165, 1.54) is 12.7 Å². The third kappa shape index (κ3) is 5.24. The number of hydrogen-bond donors (Lipinski definition) is 2. The summed E-state index contributed by atoms with van der Waals surface area (Å²) in [6, 6.07) is 13.1. The Balaban J connectivity index is 1.42. The number of aliphatic hydroxyl groups is 1. The Morgan fingerprint density at radius 2 is 1.94 bits per heavy atom. The Kier molecular flexibility index (Phi) is 6.52. The fraction of sp³-hybridized carbons (Fsp3) is 0.458. The molecule has 33 heavy (non-hydrogen) atoms. The monoisotopic (exact) mass is 471 g/mol. The number of ether oxygens (including phenoxy) is 2. The second-order valence-corrected chi connectivity index (χ2v) is 10.6. The van der Waals surface area contributed by atoms with Gasteiger partial charge in [-0.25, -0.2) is 8.42 Å². The van der Waals surface area contributed by atoms with E-state index in [4.69, 9.17) is 14.7 Å². The van der Waals surface area contributed by atoms with Gasteiger partial charge in [0.25, 0.3) is 0 Å². The summed E-state index contributed by atoms with van der Waals surface area (Å²) >= 11 is 0. The van der Waals surface area contributed by atoms with Gasteiger partial charge in [0.2, 0.25) is 10.0 Å². The fourth-order valence-electron chi connectivity index (χ4n) is 4.74. The van der Waals surface area contributed by atoms with Crippen molar-refractivity contribution >= 4 is 15.7 Å². The second kappa shape index (κ2) is 9.21. The number of nitrogens with zero attached hydrogens (tertiary/aromatic N) is 2. The van der Waals surface area contributed by atoms with Gasteiger partial charge >= 0.3 is 0 Å². The second-order valence-electron chi connectivity index (χ2n) is 8.84. The molecular formula is C24H29N3O5S. The van der Waals surface area contributed by atoms with Crippen LogP contribution in [0.5, 0.6) is 11.5 Å². The summed E-state index contributed by atoms with van der Waals surface area (Å²) < 4.78 is 37.7. The van der Waals surface area contributed by atoms with Gasteiger partial charge in [-0.05, 0) is 49.1 Å². The molecule has 1 fully saturated rings. The standard InChI is InChI=1S/C24H29N3O5S/c1-31-23-19(26-33(2,29)30)7-8-21-22(23)20(28)15-24(32-21)10-13-27(14-11-24)12-9-17-3-5-18(16-25)6-4-17/h3-8,20,26,28H,9-15H2,1-2H3. The van der Waals surface area contributed by atoms with E-state index in [2.05, 4.69) is 15.7 Å². The molecule has 2 aliphatic heterocycles. The van der Waals surface area contributed by atoms with Crippen molar-refractivity contribution in [2.24, 2.45) is 0 Å². The first-order valence-electron chi connectivity index (χ1n) is 11.0. The van der Waals surface area contributed by atoms with Gasteiger partial charge in [-0.3, -0.25) is 4.72 Å². The van der Waals surface area contributed by atoms with Crippen LogP contribution in [0.3, 0.4) is 0 Å². The highest BCUT2D eigenvalue weighted by molar-refractivity contribution is 7.92. The maximum Gasteiger partial charge on any atom is 0.229 e. The molecule has 0 amide bonds. The minimum atomic E-state index is -3.49. The van der Waals surface area contributed by atoms with Gasteiger partial charge in [-0.1, -0.05) is 12.1 Å². The molecule has 1 atom stereocenters. The van der Waals surface area contributed by atoms with Gasteiger partial charge < -0.3 is 19.5 Å². The molecule has 4 rings (SSSR count). The van der Waals surface area contributed by atoms with E-state index in [1.807, 2.05) is 24.3 Å². The molecule has 8 nitrogen and oxygen atoms in total. The minimum Gasteiger partial charge on any atom is -0.494 e. The molecule has 0 radical (unpaired) electrons. The molecule has 9 heteroatoms. The van der Waals surface area contributed by atoms with Crippen molar-refractivity contribution in [3.05, 3.63) is 53.1 Å². The number of nitriles is 1. The normalized spacial score (nSPS) is 19.9. The van der Waals surface area contributed by atoms with Crippen LogP contribution >= 0.6 is 0 Å². The molecule has 0 bridgehead atoms. The number of aliphatic hydroxyl groups excluding tert-OH is 1. The Hall–Kier alpha value is -2.80. The molecule has 0 aliphatic carbocycles. The van der Waals surface area contributed by atoms with E-state index >= 15 is 0 Å². The number of hydrogen-bond acceptors (Lipinski definition) is 7. The predicted molar refractivity (Wildman–Crippen MR) is 125 cm³/mol. The highest BCUT2D eigenvalue weighted by atomic mass is 32.2. The third-order valence-electron chi connectivity index (χ3n) is 6.45. The number of fused-ring (bicyclic) bond motifs is 1. The molecule has 0 aromatic heterocycles. The number of benzene rings is 2. The average Bonchev–Trinajstić information content (AvgIpc) is 2.78. The lowest BCUT2D eigenvalue weighted by Crippen LogP contribution is -2.50. The van der Waals surface area contributed by atoms with Gasteiger partial charge in [0.1, 0.15) is 11.4 Å². The first-order valence-corrected chi connectivity index (χ1v) is 12.9. The van der Waals surface area contributed by atoms with Crippen molar-refractivity contribution in [3.63, 3.8) is 0 Å². The zero-order valence-corrected chi connectivity index (χ0v) is 19.7. The molecular weight excluding hydrogens is 442 g/mol. The van der Waals surface area contributed by atoms with Gasteiger partial charge in [0.15, 0.2) is 5.75 Å². The van der Waals surface area contributed by atoms with Crippen molar-refractivity contribution in [1.82, 2.24) is 4.90 Å². The summed E-state index contributed by atoms with van der Waals surface area (Å²) in [6.07, 6.45) is 3.20. The zero-order chi connectivity index (χ0) is 23.6. The van der Waals surface area contributed by atoms with Crippen molar-refractivity contribution in [1.29, 1.82) is 5.26 Å². The molecule has 1 saturated heterocycles. The Morgan fingerprint density at radius 1 is 1.24 bits per heavy atom. The lowest BCUT2D eigenvalue weighted by Gasteiger charge is -2.46. The summed E-state index contributed by atoms with van der Waals surface area (Å²) in [7, 11) is -2.04. The largest absolute Gasteiger partial charge is 0.494 e. The van der Waals surface area contributed by atoms with E-state index in [9.17, 15) is 13.5 Å². The van der Waals surface area contributed by atoms with Gasteiger partial charge in [0.05, 0.1) is 42.4 Å². The van der Waals surface area contributed by atoms with Crippen molar-refractivity contribution < 1.29 is 23.0 Å². The maximum absolute atomic E-state index is 11.7. The quantitative estimate of drug-likeness (QED) is 0.666. The van der Waals surface area contributed by atoms with E-state index in [-0.39, 0.29) is 5.69 Å². The number of piperidine rings is 1. The molecule has 2 aliphatic rings. The van der Waals surface area contributed by atoms with Gasteiger partial charge in [-0.15, -0.1) is 0 Å². The Labute approximate surface area is 194 Å². The Morgan fingerprint density at radius 3 is 2.55 bits per heavy atom. The summed E-state index contributed by atoms with van der Waals surface area (Å²) in [6.45, 7) is 2.65. The topological polar surface area (TPSA) is 112 Å². The first-order chi connectivity index (χ1) is 15.7. The van der Waals surface area contributed by atoms with Crippen LogP contribution in [0.4, 0.5) is 5.69 Å². The SMILES string of the molecule is COc1c(NS(C)(=O)=O)ccc2c1C(O)CC1(CCN(CCc3ccc(C#N)cc3)CC1)O2. The number of nitrogens with one attached hydrogen (secondary N) is 1. The smallest absolute Gasteiger partial charge is 0.229 e. The highest BCUT2D eigenvalue weighted by Gasteiger charge is 2.44. The van der Waals surface area contributed by atoms with Crippen LogP contribution in [0.25, 0.3) is 0 Å². The maximum atomic E-state index is 11.7. The van der Waals surface area contributed by atoms with Crippen LogP contribution in [-0.2, 0) is 16.4 Å². The van der Waals surface area contributed by atoms with Crippen LogP contribution in [0.15, 0.2) is 36.4 Å². The van der Waals surface area contributed by atoms with E-state index < -0.39 is 21.7 Å².